The minimum absolute atomic E-state index is 0.559. The van der Waals surface area contributed by atoms with Crippen molar-refractivity contribution in [3.63, 3.8) is 0 Å². The van der Waals surface area contributed by atoms with Gasteiger partial charge in [-0.15, -0.1) is 0 Å². The molecule has 1 aliphatic heterocycles. The average molecular weight is 180 g/mol. The minimum Gasteiger partial charge on any atom is -0.352 e. The Kier molecular flexibility index (Phi) is 2.22. The van der Waals surface area contributed by atoms with Gasteiger partial charge in [-0.3, -0.25) is 4.68 Å². The van der Waals surface area contributed by atoms with Gasteiger partial charge in [-0.1, -0.05) is 0 Å². The van der Waals surface area contributed by atoms with Gasteiger partial charge < -0.3 is 10.2 Å². The van der Waals surface area contributed by atoms with Gasteiger partial charge in [0.1, 0.15) is 5.82 Å². The Bertz CT molecular complexity index is 281. The number of hydrogen-bond donors (Lipinski definition) is 1. The van der Waals surface area contributed by atoms with E-state index in [9.17, 15) is 0 Å². The van der Waals surface area contributed by atoms with Crippen LogP contribution in [0.15, 0.2) is 12.3 Å². The van der Waals surface area contributed by atoms with Crippen LogP contribution in [0.5, 0.6) is 0 Å². The number of aryl methyl sites for hydroxylation is 1. The molecular weight excluding hydrogens is 164 g/mol. The summed E-state index contributed by atoms with van der Waals surface area (Å²) >= 11 is 0. The van der Waals surface area contributed by atoms with Crippen molar-refractivity contribution < 1.29 is 0 Å². The van der Waals surface area contributed by atoms with Gasteiger partial charge in [-0.05, 0) is 6.92 Å². The lowest BCUT2D eigenvalue weighted by Gasteiger charge is -2.35. The first kappa shape index (κ1) is 8.56. The Morgan fingerprint density at radius 2 is 2.46 bits per heavy atom. The fourth-order valence-corrected chi connectivity index (χ4v) is 1.83. The molecular formula is C9H16N4. The molecule has 13 heavy (non-hydrogen) atoms. The highest BCUT2D eigenvalue weighted by Gasteiger charge is 2.19. The van der Waals surface area contributed by atoms with E-state index in [0.717, 1.165) is 19.6 Å². The smallest absolute Gasteiger partial charge is 0.126 e. The number of aromatic nitrogens is 2. The molecule has 1 N–H and O–H groups in total. The molecule has 72 valence electrons. The third-order valence-corrected chi connectivity index (χ3v) is 2.59. The SMILES string of the molecule is C[C@H]1CNCCN1c1ccnn1C. The van der Waals surface area contributed by atoms with E-state index in [0.29, 0.717) is 6.04 Å². The van der Waals surface area contributed by atoms with Crippen LogP contribution in [0.4, 0.5) is 5.82 Å². The van der Waals surface area contributed by atoms with Crippen LogP contribution in [-0.4, -0.2) is 35.5 Å². The van der Waals surface area contributed by atoms with Crippen LogP contribution >= 0.6 is 0 Å². The zero-order valence-corrected chi connectivity index (χ0v) is 8.20. The molecule has 0 saturated carbocycles. The summed E-state index contributed by atoms with van der Waals surface area (Å²) in [6.45, 7) is 5.43. The fraction of sp³-hybridized carbons (Fsp3) is 0.667. The highest BCUT2D eigenvalue weighted by Crippen LogP contribution is 2.16. The molecule has 0 aromatic carbocycles. The van der Waals surface area contributed by atoms with Gasteiger partial charge in [0, 0.05) is 38.8 Å². The lowest BCUT2D eigenvalue weighted by atomic mass is 10.2. The Morgan fingerprint density at radius 3 is 3.08 bits per heavy atom. The Balaban J connectivity index is 2.19. The van der Waals surface area contributed by atoms with E-state index in [1.807, 2.05) is 17.9 Å². The number of hydrogen-bond acceptors (Lipinski definition) is 3. The van der Waals surface area contributed by atoms with E-state index in [1.165, 1.54) is 5.82 Å². The number of rotatable bonds is 1. The normalized spacial score (nSPS) is 23.5. The molecule has 2 heterocycles. The number of nitrogens with zero attached hydrogens (tertiary/aromatic N) is 3. The van der Waals surface area contributed by atoms with Crippen LogP contribution in [-0.2, 0) is 7.05 Å². The van der Waals surface area contributed by atoms with Crippen LogP contribution in [0.3, 0.4) is 0 Å². The van der Waals surface area contributed by atoms with Gasteiger partial charge in [0.05, 0.1) is 6.20 Å². The molecule has 2 rings (SSSR count). The second-order valence-corrected chi connectivity index (χ2v) is 3.56. The molecule has 0 radical (unpaired) electrons. The standard InChI is InChI=1S/C9H16N4/c1-8-7-10-5-6-13(8)9-3-4-11-12(9)2/h3-4,8,10H,5-7H2,1-2H3/t8-/m0/s1. The maximum Gasteiger partial charge on any atom is 0.126 e. The molecule has 0 aliphatic carbocycles. The van der Waals surface area contributed by atoms with Gasteiger partial charge >= 0.3 is 0 Å². The third kappa shape index (κ3) is 1.54. The largest absolute Gasteiger partial charge is 0.352 e. The summed E-state index contributed by atoms with van der Waals surface area (Å²) in [5.74, 6) is 1.22. The second kappa shape index (κ2) is 3.38. The first-order chi connectivity index (χ1) is 6.29. The van der Waals surface area contributed by atoms with Crippen LogP contribution < -0.4 is 10.2 Å². The monoisotopic (exact) mass is 180 g/mol. The summed E-state index contributed by atoms with van der Waals surface area (Å²) in [7, 11) is 1.99. The van der Waals surface area contributed by atoms with E-state index in [-0.39, 0.29) is 0 Å². The van der Waals surface area contributed by atoms with Crippen LogP contribution in [0, 0.1) is 0 Å². The molecule has 4 nitrogen and oxygen atoms in total. The first-order valence-electron chi connectivity index (χ1n) is 4.74. The summed E-state index contributed by atoms with van der Waals surface area (Å²) in [5, 5.41) is 7.56. The van der Waals surface area contributed by atoms with Gasteiger partial charge in [0.25, 0.3) is 0 Å². The van der Waals surface area contributed by atoms with Crippen molar-refractivity contribution in [1.29, 1.82) is 0 Å². The van der Waals surface area contributed by atoms with Crippen molar-refractivity contribution in [2.24, 2.45) is 7.05 Å². The van der Waals surface area contributed by atoms with Gasteiger partial charge in [0.15, 0.2) is 0 Å². The lowest BCUT2D eigenvalue weighted by Crippen LogP contribution is -2.50. The molecule has 0 bridgehead atoms. The number of nitrogens with one attached hydrogen (secondary N) is 1. The summed E-state index contributed by atoms with van der Waals surface area (Å²) in [4.78, 5) is 2.39. The van der Waals surface area contributed by atoms with Crippen molar-refractivity contribution in [3.8, 4) is 0 Å². The van der Waals surface area contributed by atoms with E-state index >= 15 is 0 Å². The van der Waals surface area contributed by atoms with Gasteiger partial charge in [-0.2, -0.15) is 5.10 Å². The predicted molar refractivity (Wildman–Crippen MR) is 52.9 cm³/mol. The quantitative estimate of drug-likeness (QED) is 0.671. The highest BCUT2D eigenvalue weighted by molar-refractivity contribution is 5.40. The zero-order valence-electron chi connectivity index (χ0n) is 8.20. The van der Waals surface area contributed by atoms with Gasteiger partial charge in [-0.25, -0.2) is 0 Å². The van der Waals surface area contributed by atoms with E-state index in [2.05, 4.69) is 28.3 Å². The Labute approximate surface area is 78.5 Å². The molecule has 1 aromatic heterocycles. The lowest BCUT2D eigenvalue weighted by molar-refractivity contribution is 0.489. The van der Waals surface area contributed by atoms with Crippen molar-refractivity contribution in [2.75, 3.05) is 24.5 Å². The molecule has 0 spiro atoms. The topological polar surface area (TPSA) is 33.1 Å². The van der Waals surface area contributed by atoms with Crippen LogP contribution in [0.2, 0.25) is 0 Å². The van der Waals surface area contributed by atoms with Gasteiger partial charge in [0.2, 0.25) is 0 Å². The average Bonchev–Trinajstić information content (AvgIpc) is 2.52. The Hall–Kier alpha value is -1.03. The van der Waals surface area contributed by atoms with Crippen molar-refractivity contribution in [3.05, 3.63) is 12.3 Å². The number of anilines is 1. The molecule has 1 aliphatic rings. The molecule has 1 fully saturated rings. The summed E-state index contributed by atoms with van der Waals surface area (Å²) in [5.41, 5.74) is 0. The molecule has 1 atom stereocenters. The van der Waals surface area contributed by atoms with Crippen LogP contribution in [0.25, 0.3) is 0 Å². The summed E-state index contributed by atoms with van der Waals surface area (Å²) < 4.78 is 1.93. The Morgan fingerprint density at radius 1 is 1.62 bits per heavy atom. The maximum atomic E-state index is 4.18. The molecule has 1 aromatic rings. The number of piperazine rings is 1. The maximum absolute atomic E-state index is 4.18. The third-order valence-electron chi connectivity index (χ3n) is 2.59. The molecule has 0 amide bonds. The van der Waals surface area contributed by atoms with E-state index in [1.54, 1.807) is 0 Å². The van der Waals surface area contributed by atoms with Crippen LogP contribution in [0.1, 0.15) is 6.92 Å². The molecule has 4 heteroatoms. The van der Waals surface area contributed by atoms with E-state index < -0.39 is 0 Å². The molecule has 0 unspecified atom stereocenters. The minimum atomic E-state index is 0.559. The zero-order chi connectivity index (χ0) is 9.26. The first-order valence-corrected chi connectivity index (χ1v) is 4.74. The second-order valence-electron chi connectivity index (χ2n) is 3.56. The van der Waals surface area contributed by atoms with Crippen molar-refractivity contribution >= 4 is 5.82 Å². The van der Waals surface area contributed by atoms with E-state index in [4.69, 9.17) is 0 Å². The molecule has 1 saturated heterocycles. The highest BCUT2D eigenvalue weighted by atomic mass is 15.4. The van der Waals surface area contributed by atoms with Crippen molar-refractivity contribution in [1.82, 2.24) is 15.1 Å². The summed E-state index contributed by atoms with van der Waals surface area (Å²) in [6, 6.07) is 2.63. The fourth-order valence-electron chi connectivity index (χ4n) is 1.83. The summed E-state index contributed by atoms with van der Waals surface area (Å²) in [6.07, 6.45) is 1.85. The van der Waals surface area contributed by atoms with Crippen molar-refractivity contribution in [2.45, 2.75) is 13.0 Å². The predicted octanol–water partition coefficient (Wildman–Crippen LogP) is 0.218.